The van der Waals surface area contributed by atoms with Crippen LogP contribution in [0, 0.1) is 5.92 Å². The lowest BCUT2D eigenvalue weighted by atomic mass is 9.98. The number of halogens is 1. The molecule has 0 spiro atoms. The van der Waals surface area contributed by atoms with Gasteiger partial charge in [0.15, 0.2) is 0 Å². The third-order valence-electron chi connectivity index (χ3n) is 3.49. The highest BCUT2D eigenvalue weighted by atomic mass is 35.5. The van der Waals surface area contributed by atoms with Gasteiger partial charge >= 0.3 is 0 Å². The van der Waals surface area contributed by atoms with Crippen LogP contribution in [0.2, 0.25) is 5.02 Å². The Bertz CT molecular complexity index is 463. The van der Waals surface area contributed by atoms with Crippen LogP contribution in [0.15, 0.2) is 24.3 Å². The predicted octanol–water partition coefficient (Wildman–Crippen LogP) is 1.91. The number of hydrogen-bond acceptors (Lipinski definition) is 2. The zero-order chi connectivity index (χ0) is 14.4. The molecule has 1 unspecified atom stereocenters. The van der Waals surface area contributed by atoms with Gasteiger partial charge in [-0.05, 0) is 37.0 Å². The predicted molar refractivity (Wildman–Crippen MR) is 78.5 cm³/mol. The van der Waals surface area contributed by atoms with Gasteiger partial charge in [0.05, 0.1) is 5.92 Å². The normalized spacial score (nSPS) is 18.4. The molecule has 20 heavy (non-hydrogen) atoms. The van der Waals surface area contributed by atoms with Crippen molar-refractivity contribution in [3.63, 3.8) is 0 Å². The van der Waals surface area contributed by atoms with Crippen LogP contribution in [-0.2, 0) is 16.0 Å². The fourth-order valence-electron chi connectivity index (χ4n) is 2.26. The molecule has 1 heterocycles. The fourth-order valence-corrected chi connectivity index (χ4v) is 2.38. The number of piperidine rings is 1. The summed E-state index contributed by atoms with van der Waals surface area (Å²) in [5.74, 6) is 0.00104. The van der Waals surface area contributed by atoms with Gasteiger partial charge in [0.25, 0.3) is 0 Å². The third-order valence-corrected chi connectivity index (χ3v) is 3.74. The van der Waals surface area contributed by atoms with E-state index in [9.17, 15) is 9.59 Å². The first-order chi connectivity index (χ1) is 9.65. The van der Waals surface area contributed by atoms with Gasteiger partial charge in [-0.25, -0.2) is 0 Å². The summed E-state index contributed by atoms with van der Waals surface area (Å²) in [4.78, 5) is 22.9. The summed E-state index contributed by atoms with van der Waals surface area (Å²) in [6, 6.07) is 7.75. The summed E-state index contributed by atoms with van der Waals surface area (Å²) in [5, 5.41) is 6.39. The lowest BCUT2D eigenvalue weighted by molar-refractivity contribution is -0.128. The van der Waals surface area contributed by atoms with Crippen molar-refractivity contribution in [3.8, 4) is 0 Å². The summed E-state index contributed by atoms with van der Waals surface area (Å²) in [5.41, 5.74) is 1.22. The van der Waals surface area contributed by atoms with E-state index in [0.29, 0.717) is 25.9 Å². The molecule has 2 rings (SSSR count). The zero-order valence-electron chi connectivity index (χ0n) is 11.3. The van der Waals surface area contributed by atoms with Crippen LogP contribution in [0.3, 0.4) is 0 Å². The number of amides is 2. The summed E-state index contributed by atoms with van der Waals surface area (Å²) in [6.07, 6.45) is 2.91. The number of rotatable bonds is 5. The standard InChI is InChI=1S/C15H19ClN2O2/c16-13-6-3-11(4-7-13)2-1-9-17-15(20)12-5-8-14(19)18-10-12/h3-4,6-7,12H,1-2,5,8-10H2,(H,17,20)(H,18,19). The third kappa shape index (κ3) is 4.53. The maximum absolute atomic E-state index is 11.9. The Labute approximate surface area is 123 Å². The number of carbonyl (C=O) groups excluding carboxylic acids is 2. The van der Waals surface area contributed by atoms with Gasteiger partial charge in [0.1, 0.15) is 0 Å². The summed E-state index contributed by atoms with van der Waals surface area (Å²) >= 11 is 5.82. The minimum absolute atomic E-state index is 0.0387. The van der Waals surface area contributed by atoms with E-state index in [-0.39, 0.29) is 17.7 Å². The highest BCUT2D eigenvalue weighted by Crippen LogP contribution is 2.12. The molecular formula is C15H19ClN2O2. The Morgan fingerprint density at radius 3 is 2.75 bits per heavy atom. The van der Waals surface area contributed by atoms with E-state index in [1.807, 2.05) is 24.3 Å². The Morgan fingerprint density at radius 2 is 2.10 bits per heavy atom. The van der Waals surface area contributed by atoms with Crippen LogP contribution in [0.4, 0.5) is 0 Å². The molecule has 1 aliphatic heterocycles. The van der Waals surface area contributed by atoms with Crippen molar-refractivity contribution in [3.05, 3.63) is 34.9 Å². The van der Waals surface area contributed by atoms with Crippen molar-refractivity contribution in [2.45, 2.75) is 25.7 Å². The van der Waals surface area contributed by atoms with Crippen molar-refractivity contribution in [1.82, 2.24) is 10.6 Å². The number of hydrogen-bond donors (Lipinski definition) is 2. The molecule has 0 bridgehead atoms. The van der Waals surface area contributed by atoms with Crippen molar-refractivity contribution < 1.29 is 9.59 Å². The van der Waals surface area contributed by atoms with Crippen LogP contribution < -0.4 is 10.6 Å². The minimum Gasteiger partial charge on any atom is -0.356 e. The second-order valence-electron chi connectivity index (χ2n) is 5.06. The van der Waals surface area contributed by atoms with Gasteiger partial charge in [-0.3, -0.25) is 9.59 Å². The molecule has 1 atom stereocenters. The van der Waals surface area contributed by atoms with E-state index in [4.69, 9.17) is 11.6 Å². The van der Waals surface area contributed by atoms with Gasteiger partial charge in [-0.15, -0.1) is 0 Å². The molecule has 0 aromatic heterocycles. The lowest BCUT2D eigenvalue weighted by Gasteiger charge is -2.21. The van der Waals surface area contributed by atoms with E-state index >= 15 is 0 Å². The van der Waals surface area contributed by atoms with Gasteiger partial charge in [-0.2, -0.15) is 0 Å². The second kappa shape index (κ2) is 7.29. The van der Waals surface area contributed by atoms with Crippen LogP contribution >= 0.6 is 11.6 Å². The molecule has 5 heteroatoms. The average Bonchev–Trinajstić information content (AvgIpc) is 2.46. The quantitative estimate of drug-likeness (QED) is 0.815. The molecule has 1 aliphatic rings. The van der Waals surface area contributed by atoms with Crippen LogP contribution in [0.25, 0.3) is 0 Å². The molecule has 2 amide bonds. The van der Waals surface area contributed by atoms with Crippen molar-refractivity contribution in [2.24, 2.45) is 5.92 Å². The Morgan fingerprint density at radius 1 is 1.35 bits per heavy atom. The van der Waals surface area contributed by atoms with Crippen LogP contribution in [-0.4, -0.2) is 24.9 Å². The molecule has 2 N–H and O–H groups in total. The van der Waals surface area contributed by atoms with Gasteiger partial charge < -0.3 is 10.6 Å². The molecule has 0 radical (unpaired) electrons. The maximum atomic E-state index is 11.9. The van der Waals surface area contributed by atoms with Gasteiger partial charge in [-0.1, -0.05) is 23.7 Å². The topological polar surface area (TPSA) is 58.2 Å². The van der Waals surface area contributed by atoms with E-state index in [1.54, 1.807) is 0 Å². The lowest BCUT2D eigenvalue weighted by Crippen LogP contribution is -2.43. The molecule has 1 saturated heterocycles. The number of benzene rings is 1. The molecule has 0 aliphatic carbocycles. The van der Waals surface area contributed by atoms with Crippen molar-refractivity contribution in [2.75, 3.05) is 13.1 Å². The van der Waals surface area contributed by atoms with Crippen LogP contribution in [0.1, 0.15) is 24.8 Å². The number of carbonyl (C=O) groups is 2. The van der Waals surface area contributed by atoms with E-state index in [2.05, 4.69) is 10.6 Å². The van der Waals surface area contributed by atoms with Gasteiger partial charge in [0, 0.05) is 24.5 Å². The average molecular weight is 295 g/mol. The molecule has 0 saturated carbocycles. The maximum Gasteiger partial charge on any atom is 0.224 e. The zero-order valence-corrected chi connectivity index (χ0v) is 12.1. The van der Waals surface area contributed by atoms with Crippen molar-refractivity contribution >= 4 is 23.4 Å². The van der Waals surface area contributed by atoms with E-state index < -0.39 is 0 Å². The molecule has 108 valence electrons. The monoisotopic (exact) mass is 294 g/mol. The highest BCUT2D eigenvalue weighted by molar-refractivity contribution is 6.30. The minimum atomic E-state index is -0.0803. The molecule has 1 aromatic rings. The number of nitrogens with one attached hydrogen (secondary N) is 2. The summed E-state index contributed by atoms with van der Waals surface area (Å²) in [6.45, 7) is 1.12. The fraction of sp³-hybridized carbons (Fsp3) is 0.467. The Hall–Kier alpha value is -1.55. The van der Waals surface area contributed by atoms with Gasteiger partial charge in [0.2, 0.25) is 11.8 Å². The largest absolute Gasteiger partial charge is 0.356 e. The first-order valence-electron chi connectivity index (χ1n) is 6.94. The van der Waals surface area contributed by atoms with Crippen LogP contribution in [0.5, 0.6) is 0 Å². The molecular weight excluding hydrogens is 276 g/mol. The second-order valence-corrected chi connectivity index (χ2v) is 5.50. The molecule has 1 fully saturated rings. The summed E-state index contributed by atoms with van der Waals surface area (Å²) < 4.78 is 0. The SMILES string of the molecule is O=C1CCC(C(=O)NCCCc2ccc(Cl)cc2)CN1. The molecule has 1 aromatic carbocycles. The van der Waals surface area contributed by atoms with Crippen molar-refractivity contribution in [1.29, 1.82) is 0 Å². The first kappa shape index (κ1) is 14.9. The number of aryl methyl sites for hydroxylation is 1. The first-order valence-corrected chi connectivity index (χ1v) is 7.32. The smallest absolute Gasteiger partial charge is 0.224 e. The van der Waals surface area contributed by atoms with E-state index in [0.717, 1.165) is 17.9 Å². The van der Waals surface area contributed by atoms with E-state index in [1.165, 1.54) is 5.56 Å². The summed E-state index contributed by atoms with van der Waals surface area (Å²) in [7, 11) is 0. The Balaban J connectivity index is 1.64. The molecule has 4 nitrogen and oxygen atoms in total. The highest BCUT2D eigenvalue weighted by Gasteiger charge is 2.23. The Kier molecular flexibility index (Phi) is 5.41.